The molecule has 2 aromatic rings. The third kappa shape index (κ3) is 4.54. The van der Waals surface area contributed by atoms with E-state index in [0.29, 0.717) is 6.54 Å². The zero-order valence-electron chi connectivity index (χ0n) is 15.6. The van der Waals surface area contributed by atoms with E-state index in [-0.39, 0.29) is 24.2 Å². The number of morpholine rings is 1. The van der Waals surface area contributed by atoms with Gasteiger partial charge < -0.3 is 9.47 Å². The molecule has 0 spiro atoms. The number of carbonyl (C=O) groups excluding carboxylic acids is 1. The Hall–Kier alpha value is -1.41. The number of hydrogen-bond donors (Lipinski definition) is 0. The molecule has 1 aliphatic heterocycles. The van der Waals surface area contributed by atoms with Gasteiger partial charge in [-0.25, -0.2) is 4.98 Å². The van der Waals surface area contributed by atoms with E-state index in [1.807, 2.05) is 23.1 Å². The van der Waals surface area contributed by atoms with E-state index in [1.54, 1.807) is 18.4 Å². The molecule has 0 bridgehead atoms. The van der Waals surface area contributed by atoms with E-state index in [2.05, 4.69) is 4.90 Å². The second-order valence-electron chi connectivity index (χ2n) is 6.90. The van der Waals surface area contributed by atoms with Gasteiger partial charge in [0.2, 0.25) is 5.91 Å². The lowest BCUT2D eigenvalue weighted by molar-refractivity contribution is -0.124. The molecule has 4 rings (SSSR count). The molecule has 2 fully saturated rings. The van der Waals surface area contributed by atoms with Gasteiger partial charge in [-0.2, -0.15) is 0 Å². The maximum Gasteiger partial charge on any atom is 0.231 e. The van der Waals surface area contributed by atoms with Crippen molar-refractivity contribution in [1.82, 2.24) is 9.88 Å². The molecule has 1 saturated heterocycles. The molecule has 148 valence electrons. The molecule has 2 heterocycles. The van der Waals surface area contributed by atoms with Gasteiger partial charge in [0.15, 0.2) is 5.13 Å². The molecule has 2 aliphatic rings. The van der Waals surface area contributed by atoms with Gasteiger partial charge >= 0.3 is 0 Å². The second-order valence-corrected chi connectivity index (χ2v) is 7.91. The minimum Gasteiger partial charge on any atom is -0.497 e. The van der Waals surface area contributed by atoms with E-state index < -0.39 is 0 Å². The Morgan fingerprint density at radius 1 is 1.37 bits per heavy atom. The summed E-state index contributed by atoms with van der Waals surface area (Å²) < 4.78 is 11.8. The zero-order chi connectivity index (χ0) is 17.9. The molecular formula is C19H26ClN3O3S. The number of carbonyl (C=O) groups is 1. The van der Waals surface area contributed by atoms with Crippen LogP contribution in [0.4, 0.5) is 5.13 Å². The van der Waals surface area contributed by atoms with Crippen LogP contribution in [-0.2, 0) is 9.53 Å². The largest absolute Gasteiger partial charge is 0.497 e. The molecule has 1 aromatic heterocycles. The monoisotopic (exact) mass is 411 g/mol. The minimum absolute atomic E-state index is 0. The Labute approximate surface area is 169 Å². The van der Waals surface area contributed by atoms with Crippen molar-refractivity contribution in [3.63, 3.8) is 0 Å². The lowest BCUT2D eigenvalue weighted by atomic mass is 9.84. The number of anilines is 1. The molecule has 1 aliphatic carbocycles. The molecular weight excluding hydrogens is 386 g/mol. The average Bonchev–Trinajstić information content (AvgIpc) is 3.04. The van der Waals surface area contributed by atoms with Crippen molar-refractivity contribution in [3.8, 4) is 5.75 Å². The Balaban J connectivity index is 0.00000210. The molecule has 1 aromatic carbocycles. The number of rotatable bonds is 6. The molecule has 6 nitrogen and oxygen atoms in total. The highest BCUT2D eigenvalue weighted by Crippen LogP contribution is 2.34. The lowest BCUT2D eigenvalue weighted by Crippen LogP contribution is -2.45. The number of ether oxygens (including phenoxy) is 2. The van der Waals surface area contributed by atoms with Crippen LogP contribution in [0.5, 0.6) is 5.75 Å². The first kappa shape index (κ1) is 20.3. The fourth-order valence-corrected chi connectivity index (χ4v) is 4.36. The van der Waals surface area contributed by atoms with Crippen molar-refractivity contribution in [1.29, 1.82) is 0 Å². The third-order valence-electron chi connectivity index (χ3n) is 5.28. The van der Waals surface area contributed by atoms with Crippen LogP contribution in [0.1, 0.15) is 19.3 Å². The minimum atomic E-state index is 0. The summed E-state index contributed by atoms with van der Waals surface area (Å²) in [6.07, 6.45) is 3.17. The number of methoxy groups -OCH3 is 1. The van der Waals surface area contributed by atoms with Crippen LogP contribution in [0.2, 0.25) is 0 Å². The number of fused-ring (bicyclic) bond motifs is 1. The van der Waals surface area contributed by atoms with Crippen molar-refractivity contribution >= 4 is 45.0 Å². The van der Waals surface area contributed by atoms with Gasteiger partial charge in [0.05, 0.1) is 30.5 Å². The molecule has 1 amide bonds. The van der Waals surface area contributed by atoms with E-state index in [0.717, 1.165) is 73.2 Å². The summed E-state index contributed by atoms with van der Waals surface area (Å²) in [6.45, 7) is 4.97. The van der Waals surface area contributed by atoms with Crippen LogP contribution in [-0.4, -0.2) is 62.3 Å². The van der Waals surface area contributed by atoms with Gasteiger partial charge in [-0.05, 0) is 25.0 Å². The summed E-state index contributed by atoms with van der Waals surface area (Å²) in [5.41, 5.74) is 0.891. The number of nitrogens with zero attached hydrogens (tertiary/aromatic N) is 3. The molecule has 27 heavy (non-hydrogen) atoms. The van der Waals surface area contributed by atoms with E-state index in [4.69, 9.17) is 14.5 Å². The SMILES string of the molecule is COc1ccc2sc(N(CCN3CCOCC3)C(=O)C3CCC3)nc2c1.Cl. The Kier molecular flexibility index (Phi) is 6.92. The molecule has 0 atom stereocenters. The summed E-state index contributed by atoms with van der Waals surface area (Å²) in [6, 6.07) is 5.89. The lowest BCUT2D eigenvalue weighted by Gasteiger charge is -2.33. The van der Waals surface area contributed by atoms with Crippen molar-refractivity contribution < 1.29 is 14.3 Å². The van der Waals surface area contributed by atoms with Gasteiger partial charge in [-0.3, -0.25) is 14.6 Å². The van der Waals surface area contributed by atoms with Gasteiger partial charge in [-0.1, -0.05) is 17.8 Å². The Morgan fingerprint density at radius 2 is 2.15 bits per heavy atom. The van der Waals surface area contributed by atoms with Gasteiger partial charge in [0.25, 0.3) is 0 Å². The number of thiazole rings is 1. The second kappa shape index (κ2) is 9.19. The van der Waals surface area contributed by atoms with Crippen LogP contribution >= 0.6 is 23.7 Å². The summed E-state index contributed by atoms with van der Waals surface area (Å²) in [5.74, 6) is 1.19. The highest BCUT2D eigenvalue weighted by molar-refractivity contribution is 7.22. The van der Waals surface area contributed by atoms with Crippen molar-refractivity contribution in [2.24, 2.45) is 5.92 Å². The fraction of sp³-hybridized carbons (Fsp3) is 0.579. The highest BCUT2D eigenvalue weighted by atomic mass is 35.5. The van der Waals surface area contributed by atoms with Crippen LogP contribution in [0, 0.1) is 5.92 Å². The summed E-state index contributed by atoms with van der Waals surface area (Å²) in [4.78, 5) is 22.0. The fourth-order valence-electron chi connectivity index (χ4n) is 3.38. The molecule has 0 N–H and O–H groups in total. The summed E-state index contributed by atoms with van der Waals surface area (Å²) >= 11 is 1.59. The first-order chi connectivity index (χ1) is 12.7. The number of aromatic nitrogens is 1. The van der Waals surface area contributed by atoms with Crippen molar-refractivity contribution in [3.05, 3.63) is 18.2 Å². The van der Waals surface area contributed by atoms with E-state index >= 15 is 0 Å². The van der Waals surface area contributed by atoms with Crippen molar-refractivity contribution in [2.75, 3.05) is 51.4 Å². The first-order valence-electron chi connectivity index (χ1n) is 9.30. The van der Waals surface area contributed by atoms with Gasteiger partial charge in [0.1, 0.15) is 5.75 Å². The quantitative estimate of drug-likeness (QED) is 0.730. The van der Waals surface area contributed by atoms with Crippen LogP contribution in [0.15, 0.2) is 18.2 Å². The predicted molar refractivity (Wildman–Crippen MR) is 110 cm³/mol. The van der Waals surface area contributed by atoms with Crippen LogP contribution in [0.3, 0.4) is 0 Å². The average molecular weight is 412 g/mol. The molecule has 1 saturated carbocycles. The first-order valence-corrected chi connectivity index (χ1v) is 10.1. The van der Waals surface area contributed by atoms with Gasteiger partial charge in [-0.15, -0.1) is 12.4 Å². The maximum absolute atomic E-state index is 13.0. The zero-order valence-corrected chi connectivity index (χ0v) is 17.2. The van der Waals surface area contributed by atoms with Crippen molar-refractivity contribution in [2.45, 2.75) is 19.3 Å². The standard InChI is InChI=1S/C19H25N3O3S.ClH/c1-24-15-5-6-17-16(13-15)20-19(26-17)22(18(23)14-3-2-4-14)8-7-21-9-11-25-12-10-21;/h5-6,13-14H,2-4,7-12H2,1H3;1H. The summed E-state index contributed by atoms with van der Waals surface area (Å²) in [7, 11) is 1.66. The maximum atomic E-state index is 13.0. The molecule has 8 heteroatoms. The van der Waals surface area contributed by atoms with E-state index in [1.165, 1.54) is 0 Å². The topological polar surface area (TPSA) is 54.9 Å². The van der Waals surface area contributed by atoms with E-state index in [9.17, 15) is 4.79 Å². The Morgan fingerprint density at radius 3 is 2.81 bits per heavy atom. The van der Waals surface area contributed by atoms with Crippen LogP contribution in [0.25, 0.3) is 10.2 Å². The predicted octanol–water partition coefficient (Wildman–Crippen LogP) is 3.19. The number of amides is 1. The third-order valence-corrected chi connectivity index (χ3v) is 6.34. The van der Waals surface area contributed by atoms with Crippen LogP contribution < -0.4 is 9.64 Å². The number of hydrogen-bond acceptors (Lipinski definition) is 6. The molecule has 0 unspecified atom stereocenters. The Bertz CT molecular complexity index is 775. The number of benzene rings is 1. The smallest absolute Gasteiger partial charge is 0.231 e. The summed E-state index contributed by atoms with van der Waals surface area (Å²) in [5, 5.41) is 0.804. The molecule has 0 radical (unpaired) electrons. The normalized spacial score (nSPS) is 18.0. The highest BCUT2D eigenvalue weighted by Gasteiger charge is 2.32. The van der Waals surface area contributed by atoms with Gasteiger partial charge in [0, 0.05) is 38.2 Å². The number of halogens is 1.